The van der Waals surface area contributed by atoms with Crippen LogP contribution < -0.4 is 0 Å². The summed E-state index contributed by atoms with van der Waals surface area (Å²) >= 11 is 0. The van der Waals surface area contributed by atoms with E-state index in [9.17, 15) is 4.79 Å². The fourth-order valence-corrected chi connectivity index (χ4v) is 2.22. The molecular formula is C17H31NO2. The van der Waals surface area contributed by atoms with Gasteiger partial charge in [-0.2, -0.15) is 0 Å². The van der Waals surface area contributed by atoms with E-state index >= 15 is 0 Å². The first kappa shape index (κ1) is 19.0. The Bertz CT molecular complexity index is 281. The summed E-state index contributed by atoms with van der Waals surface area (Å²) in [6, 6.07) is 0.271. The van der Waals surface area contributed by atoms with Crippen molar-refractivity contribution in [3.63, 3.8) is 0 Å². The molecule has 116 valence electrons. The van der Waals surface area contributed by atoms with Crippen molar-refractivity contribution in [2.45, 2.75) is 70.8 Å². The molecule has 0 spiro atoms. The summed E-state index contributed by atoms with van der Waals surface area (Å²) in [6.07, 6.45) is 16.6. The highest BCUT2D eigenvalue weighted by atomic mass is 16.5. The van der Waals surface area contributed by atoms with E-state index in [1.165, 1.54) is 51.4 Å². The first-order valence-corrected chi connectivity index (χ1v) is 7.91. The molecule has 0 aromatic carbocycles. The smallest absolute Gasteiger partial charge is 0.384 e. The summed E-state index contributed by atoms with van der Waals surface area (Å²) in [5.74, 6) is 1.42. The van der Waals surface area contributed by atoms with E-state index in [2.05, 4.69) is 11.8 Å². The Morgan fingerprint density at radius 3 is 2.15 bits per heavy atom. The zero-order valence-electron chi connectivity index (χ0n) is 13.5. The maximum Gasteiger partial charge on any atom is 0.384 e. The average molecular weight is 281 g/mol. The van der Waals surface area contributed by atoms with Gasteiger partial charge in [0, 0.05) is 12.0 Å². The lowest BCUT2D eigenvalue weighted by Crippen LogP contribution is -2.33. The molecule has 3 heteroatoms. The Balaban J connectivity index is 3.61. The molecule has 0 saturated carbocycles. The fraction of sp³-hybridized carbons (Fsp3) is 0.824. The number of rotatable bonds is 12. The first-order chi connectivity index (χ1) is 9.61. The number of hydrogen-bond acceptors (Lipinski definition) is 3. The van der Waals surface area contributed by atoms with Gasteiger partial charge in [-0.1, -0.05) is 58.3 Å². The lowest BCUT2D eigenvalue weighted by molar-refractivity contribution is -0.138. The van der Waals surface area contributed by atoms with Gasteiger partial charge in [-0.15, -0.1) is 6.42 Å². The Labute approximate surface area is 125 Å². The highest BCUT2D eigenvalue weighted by Crippen LogP contribution is 2.12. The van der Waals surface area contributed by atoms with Crippen molar-refractivity contribution in [1.29, 1.82) is 0 Å². The van der Waals surface area contributed by atoms with Gasteiger partial charge in [-0.05, 0) is 20.5 Å². The molecule has 0 rings (SSSR count). The van der Waals surface area contributed by atoms with E-state index in [1.807, 2.05) is 20.0 Å². The monoisotopic (exact) mass is 281 g/mol. The van der Waals surface area contributed by atoms with Crippen LogP contribution in [0.1, 0.15) is 64.7 Å². The van der Waals surface area contributed by atoms with Crippen LogP contribution in [0.4, 0.5) is 0 Å². The molecule has 0 aromatic rings. The highest BCUT2D eigenvalue weighted by molar-refractivity contribution is 5.87. The lowest BCUT2D eigenvalue weighted by Gasteiger charge is -2.23. The zero-order chi connectivity index (χ0) is 15.2. The number of nitrogens with zero attached hydrogens (tertiary/aromatic N) is 1. The molecule has 3 nitrogen and oxygen atoms in total. The van der Waals surface area contributed by atoms with Crippen molar-refractivity contribution in [1.82, 2.24) is 4.90 Å². The molecule has 0 radical (unpaired) electrons. The quantitative estimate of drug-likeness (QED) is 0.237. The van der Waals surface area contributed by atoms with E-state index in [-0.39, 0.29) is 6.04 Å². The van der Waals surface area contributed by atoms with Gasteiger partial charge in [0.2, 0.25) is 0 Å². The molecule has 1 unspecified atom stereocenters. The minimum Gasteiger partial charge on any atom is -0.454 e. The van der Waals surface area contributed by atoms with Crippen molar-refractivity contribution in [3.05, 3.63) is 0 Å². The summed E-state index contributed by atoms with van der Waals surface area (Å²) in [7, 11) is 4.03. The predicted molar refractivity (Wildman–Crippen MR) is 84.5 cm³/mol. The van der Waals surface area contributed by atoms with Gasteiger partial charge in [0.25, 0.3) is 0 Å². The molecular weight excluding hydrogens is 250 g/mol. The summed E-state index contributed by atoms with van der Waals surface area (Å²) in [5.41, 5.74) is 0. The van der Waals surface area contributed by atoms with E-state index in [1.54, 1.807) is 0 Å². The third-order valence-electron chi connectivity index (χ3n) is 3.65. The number of unbranched alkanes of at least 4 members (excludes halogenated alkanes) is 7. The van der Waals surface area contributed by atoms with E-state index in [0.29, 0.717) is 6.61 Å². The third-order valence-corrected chi connectivity index (χ3v) is 3.65. The van der Waals surface area contributed by atoms with Crippen LogP contribution in [0.3, 0.4) is 0 Å². The van der Waals surface area contributed by atoms with Crippen LogP contribution in [0.5, 0.6) is 0 Å². The molecule has 20 heavy (non-hydrogen) atoms. The minimum absolute atomic E-state index is 0.271. The molecule has 0 aliphatic carbocycles. The molecule has 0 heterocycles. The Kier molecular flexibility index (Phi) is 12.3. The second-order valence-electron chi connectivity index (χ2n) is 5.62. The number of hydrogen-bond donors (Lipinski definition) is 0. The molecule has 0 fully saturated rings. The number of terminal acetylenes is 1. The van der Waals surface area contributed by atoms with Crippen LogP contribution >= 0.6 is 0 Å². The van der Waals surface area contributed by atoms with Gasteiger partial charge in [-0.25, -0.2) is 4.79 Å². The van der Waals surface area contributed by atoms with Gasteiger partial charge in [0.05, 0.1) is 0 Å². The Morgan fingerprint density at radius 1 is 1.10 bits per heavy atom. The predicted octanol–water partition coefficient (Wildman–Crippen LogP) is 3.62. The summed E-state index contributed by atoms with van der Waals surface area (Å²) in [6.45, 7) is 2.64. The SMILES string of the molecule is C#CC(=O)OCC(CCCCCCCCCC)N(C)C. The number of carbonyl (C=O) groups is 1. The van der Waals surface area contributed by atoms with Gasteiger partial charge >= 0.3 is 5.97 Å². The van der Waals surface area contributed by atoms with Crippen molar-refractivity contribution in [2.24, 2.45) is 0 Å². The Hall–Kier alpha value is -1.01. The molecule has 1 atom stereocenters. The second-order valence-corrected chi connectivity index (χ2v) is 5.62. The van der Waals surface area contributed by atoms with Crippen molar-refractivity contribution in [3.8, 4) is 12.3 Å². The molecule has 0 bridgehead atoms. The van der Waals surface area contributed by atoms with Crippen LogP contribution in [0.15, 0.2) is 0 Å². The van der Waals surface area contributed by atoms with E-state index < -0.39 is 5.97 Å². The lowest BCUT2D eigenvalue weighted by atomic mass is 10.0. The average Bonchev–Trinajstić information content (AvgIpc) is 2.44. The summed E-state index contributed by atoms with van der Waals surface area (Å²) in [5, 5.41) is 0. The fourth-order valence-electron chi connectivity index (χ4n) is 2.22. The number of likely N-dealkylation sites (N-methyl/N-ethyl adjacent to an activating group) is 1. The third kappa shape index (κ3) is 10.9. The molecule has 0 amide bonds. The topological polar surface area (TPSA) is 29.5 Å². The second kappa shape index (κ2) is 13.0. The summed E-state index contributed by atoms with van der Waals surface area (Å²) in [4.78, 5) is 13.1. The normalized spacial score (nSPS) is 12.2. The van der Waals surface area contributed by atoms with Crippen LogP contribution in [-0.4, -0.2) is 37.6 Å². The largest absolute Gasteiger partial charge is 0.454 e. The maximum atomic E-state index is 11.0. The molecule has 0 aromatic heterocycles. The Morgan fingerprint density at radius 2 is 1.65 bits per heavy atom. The molecule has 0 saturated heterocycles. The van der Waals surface area contributed by atoms with Gasteiger partial charge in [0.1, 0.15) is 6.61 Å². The highest BCUT2D eigenvalue weighted by Gasteiger charge is 2.13. The van der Waals surface area contributed by atoms with Crippen molar-refractivity contribution < 1.29 is 9.53 Å². The van der Waals surface area contributed by atoms with Gasteiger partial charge in [-0.3, -0.25) is 0 Å². The maximum absolute atomic E-state index is 11.0. The van der Waals surface area contributed by atoms with Crippen molar-refractivity contribution >= 4 is 5.97 Å². The van der Waals surface area contributed by atoms with E-state index in [0.717, 1.165) is 6.42 Å². The van der Waals surface area contributed by atoms with Gasteiger partial charge in [0.15, 0.2) is 0 Å². The van der Waals surface area contributed by atoms with Crippen molar-refractivity contribution in [2.75, 3.05) is 20.7 Å². The van der Waals surface area contributed by atoms with Crippen LogP contribution in [0, 0.1) is 12.3 Å². The van der Waals surface area contributed by atoms with Gasteiger partial charge < -0.3 is 9.64 Å². The summed E-state index contributed by atoms with van der Waals surface area (Å²) < 4.78 is 5.02. The molecule has 0 N–H and O–H groups in total. The van der Waals surface area contributed by atoms with E-state index in [4.69, 9.17) is 11.2 Å². The number of ether oxygens (including phenoxy) is 1. The van der Waals surface area contributed by atoms with Crippen LogP contribution in [0.25, 0.3) is 0 Å². The standard InChI is InChI=1S/C17H31NO2/c1-5-7-8-9-10-11-12-13-14-16(18(3)4)15-20-17(19)6-2/h2,16H,5,7-15H2,1,3-4H3. The number of esters is 1. The zero-order valence-corrected chi connectivity index (χ0v) is 13.5. The molecule has 0 aliphatic rings. The van der Waals surface area contributed by atoms with Crippen LogP contribution in [0.2, 0.25) is 0 Å². The first-order valence-electron chi connectivity index (χ1n) is 7.91. The minimum atomic E-state index is -0.562. The number of carbonyl (C=O) groups excluding carboxylic acids is 1. The molecule has 0 aliphatic heterocycles. The van der Waals surface area contributed by atoms with Crippen LogP contribution in [-0.2, 0) is 9.53 Å².